The van der Waals surface area contributed by atoms with Gasteiger partial charge < -0.3 is 79.1 Å². The monoisotopic (exact) mass is 923 g/mol. The van der Waals surface area contributed by atoms with Crippen LogP contribution in [0.1, 0.15) is 37.8 Å². The number of nitrogens with one attached hydrogen (secondary N) is 4. The lowest BCUT2D eigenvalue weighted by molar-refractivity contribution is -0.123. The smallest absolute Gasteiger partial charge is 0.315 e. The van der Waals surface area contributed by atoms with Gasteiger partial charge in [-0.1, -0.05) is 11.6 Å². The van der Waals surface area contributed by atoms with Gasteiger partial charge in [-0.15, -0.1) is 5.10 Å². The van der Waals surface area contributed by atoms with E-state index < -0.39 is 0 Å². The zero-order chi connectivity index (χ0) is 44.7. The summed E-state index contributed by atoms with van der Waals surface area (Å²) in [6, 6.07) is 0.358. The Morgan fingerprint density at radius 3 is 1.68 bits per heavy atom. The van der Waals surface area contributed by atoms with Gasteiger partial charge in [-0.25, -0.2) is 9.48 Å². The molecule has 6 N–H and O–H groups in total. The van der Waals surface area contributed by atoms with Gasteiger partial charge in [-0.05, 0) is 12.8 Å². The molecule has 0 bridgehead atoms. The molecule has 23 heteroatoms. The van der Waals surface area contributed by atoms with Crippen molar-refractivity contribution in [2.45, 2.75) is 62.5 Å². The molecule has 3 atom stereocenters. The van der Waals surface area contributed by atoms with Crippen molar-refractivity contribution in [2.75, 3.05) is 164 Å². The van der Waals surface area contributed by atoms with Gasteiger partial charge in [0, 0.05) is 36.9 Å². The molecule has 3 heterocycles. The van der Waals surface area contributed by atoms with Crippen LogP contribution in [0.2, 0.25) is 0 Å². The van der Waals surface area contributed by atoms with Crippen LogP contribution in [0.4, 0.5) is 4.79 Å². The maximum atomic E-state index is 12.3. The summed E-state index contributed by atoms with van der Waals surface area (Å²) in [5, 5.41) is 20.3. The molecule has 2 aliphatic heterocycles. The molecule has 0 radical (unpaired) electrons. The Morgan fingerprint density at radius 2 is 1.13 bits per heavy atom. The molecule has 3 rings (SSSR count). The lowest BCUT2D eigenvalue weighted by Gasteiger charge is -2.16. The lowest BCUT2D eigenvalue weighted by Crippen LogP contribution is -2.36. The number of rotatable bonds is 45. The summed E-state index contributed by atoms with van der Waals surface area (Å²) in [4.78, 5) is 35.7. The van der Waals surface area contributed by atoms with Crippen LogP contribution in [0, 0.1) is 0 Å². The number of unbranched alkanes of at least 4 members (excludes halogenated alkanes) is 1. The molecule has 1 aromatic heterocycles. The fourth-order valence-corrected chi connectivity index (χ4v) is 7.56. The number of nitrogens with zero attached hydrogens (tertiary/aromatic N) is 3. The van der Waals surface area contributed by atoms with Gasteiger partial charge in [0.05, 0.1) is 177 Å². The van der Waals surface area contributed by atoms with Crippen LogP contribution in [0.15, 0.2) is 6.20 Å². The molecule has 364 valence electrons. The van der Waals surface area contributed by atoms with Crippen LogP contribution in [0.25, 0.3) is 0 Å². The van der Waals surface area contributed by atoms with E-state index in [9.17, 15) is 14.4 Å². The number of nitrogens with two attached hydrogens (primary N) is 1. The van der Waals surface area contributed by atoms with Crippen molar-refractivity contribution in [2.24, 2.45) is 5.73 Å². The van der Waals surface area contributed by atoms with Crippen molar-refractivity contribution >= 4 is 29.6 Å². The van der Waals surface area contributed by atoms with Crippen molar-refractivity contribution in [3.8, 4) is 0 Å². The van der Waals surface area contributed by atoms with Gasteiger partial charge in [0.25, 0.3) is 0 Å². The molecule has 4 amide bonds. The highest BCUT2D eigenvalue weighted by Crippen LogP contribution is 2.33. The molecule has 22 nitrogen and oxygen atoms in total. The second kappa shape index (κ2) is 38.5. The van der Waals surface area contributed by atoms with E-state index in [1.165, 1.54) is 0 Å². The third-order valence-corrected chi connectivity index (χ3v) is 10.8. The lowest BCUT2D eigenvalue weighted by atomic mass is 10.0. The van der Waals surface area contributed by atoms with Crippen LogP contribution < -0.4 is 27.0 Å². The number of urea groups is 1. The highest BCUT2D eigenvalue weighted by Gasteiger charge is 2.42. The maximum Gasteiger partial charge on any atom is 0.315 e. The molecular weight excluding hydrogens is 849 g/mol. The van der Waals surface area contributed by atoms with Crippen molar-refractivity contribution in [1.82, 2.24) is 36.3 Å². The van der Waals surface area contributed by atoms with E-state index in [0.717, 1.165) is 25.0 Å². The van der Waals surface area contributed by atoms with Crippen molar-refractivity contribution < 1.29 is 66.5 Å². The van der Waals surface area contributed by atoms with E-state index in [1.54, 1.807) is 10.9 Å². The molecule has 2 fully saturated rings. The quantitative estimate of drug-likeness (QED) is 0.0399. The van der Waals surface area contributed by atoms with Crippen molar-refractivity contribution in [3.05, 3.63) is 11.9 Å². The van der Waals surface area contributed by atoms with Crippen LogP contribution >= 0.6 is 11.8 Å². The predicted octanol–water partition coefficient (Wildman–Crippen LogP) is -0.732. The molecular formula is C40H74N8O14S. The van der Waals surface area contributed by atoms with Crippen molar-refractivity contribution in [3.63, 3.8) is 0 Å². The zero-order valence-corrected chi connectivity index (χ0v) is 37.8. The summed E-state index contributed by atoms with van der Waals surface area (Å²) < 4.78 is 61.7. The zero-order valence-electron chi connectivity index (χ0n) is 37.0. The fourth-order valence-electron chi connectivity index (χ4n) is 6.02. The number of hydrogen-bond donors (Lipinski definition) is 5. The first kappa shape index (κ1) is 54.6. The first-order chi connectivity index (χ1) is 31.0. The molecule has 2 saturated heterocycles. The summed E-state index contributed by atoms with van der Waals surface area (Å²) in [5.41, 5.74) is 6.03. The third-order valence-electron chi connectivity index (χ3n) is 9.25. The molecule has 0 spiro atoms. The molecule has 0 aliphatic carbocycles. The molecule has 2 aliphatic rings. The van der Waals surface area contributed by atoms with E-state index in [0.29, 0.717) is 189 Å². The second-order valence-corrected chi connectivity index (χ2v) is 15.5. The first-order valence-corrected chi connectivity index (χ1v) is 23.3. The number of carbonyl (C=O) groups excluding carboxylic acids is 3. The maximum absolute atomic E-state index is 12.3. The third kappa shape index (κ3) is 29.4. The predicted molar refractivity (Wildman–Crippen MR) is 232 cm³/mol. The molecule has 63 heavy (non-hydrogen) atoms. The summed E-state index contributed by atoms with van der Waals surface area (Å²) in [6.45, 7) is 11.9. The fraction of sp³-hybridized carbons (Fsp3) is 0.875. The molecule has 0 unspecified atom stereocenters. The molecule has 1 aromatic rings. The average molecular weight is 923 g/mol. The Hall–Kier alpha value is -2.78. The molecule has 0 saturated carbocycles. The summed E-state index contributed by atoms with van der Waals surface area (Å²) in [7, 11) is 0. The number of carbonyl (C=O) groups is 3. The Kier molecular flexibility index (Phi) is 33.3. The van der Waals surface area contributed by atoms with Gasteiger partial charge in [-0.2, -0.15) is 11.8 Å². The molecule has 0 aromatic carbocycles. The minimum absolute atomic E-state index is 0.00508. The van der Waals surface area contributed by atoms with Crippen LogP contribution in [-0.4, -0.2) is 214 Å². The van der Waals surface area contributed by atoms with Gasteiger partial charge >= 0.3 is 6.03 Å². The minimum Gasteiger partial charge on any atom is -0.379 e. The SMILES string of the molecule is NCCOCCOCCOCCOCCOCCNC(=O)CCOCCOCCOCCOCCOCCOCCn1cc(CNC(=O)CCCC[C@@H]2SC[C@@H]3NC(=O)N[C@@H]32)nn1. The summed E-state index contributed by atoms with van der Waals surface area (Å²) >= 11 is 1.89. The number of aromatic nitrogens is 3. The number of fused-ring (bicyclic) bond motifs is 1. The number of hydrogen-bond acceptors (Lipinski definition) is 18. The summed E-state index contributed by atoms with van der Waals surface area (Å²) in [5.74, 6) is 0.842. The van der Waals surface area contributed by atoms with Crippen LogP contribution in [-0.2, 0) is 74.8 Å². The van der Waals surface area contributed by atoms with E-state index >= 15 is 0 Å². The number of thioether (sulfide) groups is 1. The van der Waals surface area contributed by atoms with Gasteiger partial charge in [0.2, 0.25) is 11.8 Å². The first-order valence-electron chi connectivity index (χ1n) is 22.2. The summed E-state index contributed by atoms with van der Waals surface area (Å²) in [6.07, 6.45) is 5.28. The van der Waals surface area contributed by atoms with E-state index in [2.05, 4.69) is 31.6 Å². The topological polar surface area (TPSA) is 258 Å². The van der Waals surface area contributed by atoms with Crippen LogP contribution in [0.5, 0.6) is 0 Å². The van der Waals surface area contributed by atoms with Gasteiger partial charge in [0.15, 0.2) is 0 Å². The number of amides is 4. The van der Waals surface area contributed by atoms with E-state index in [1.807, 2.05) is 11.8 Å². The Morgan fingerprint density at radius 1 is 0.635 bits per heavy atom. The average Bonchev–Trinajstić information content (AvgIpc) is 4.01. The van der Waals surface area contributed by atoms with E-state index in [4.69, 9.17) is 57.8 Å². The largest absolute Gasteiger partial charge is 0.379 e. The Balaban J connectivity index is 0.941. The standard InChI is InChI=1S/C40H74N8O14S/c41-6-10-53-14-18-57-22-26-61-27-23-58-19-15-54-11-7-42-38(50)5-9-52-13-17-56-21-25-60-29-30-62-28-24-59-20-16-55-12-8-48-32-34(46-47-48)31-43-37(49)4-2-1-3-36-39-35(33-63-36)44-40(51)45-39/h32,35-36,39H,1-31,33,41H2,(H,42,50)(H,43,49)(H2,44,45,51)/t35-,36-,39-/m0/s1. The van der Waals surface area contributed by atoms with E-state index in [-0.39, 0.29) is 36.3 Å². The van der Waals surface area contributed by atoms with Crippen molar-refractivity contribution in [1.29, 1.82) is 0 Å². The van der Waals surface area contributed by atoms with Gasteiger partial charge in [-0.3, -0.25) is 9.59 Å². The Labute approximate surface area is 375 Å². The highest BCUT2D eigenvalue weighted by molar-refractivity contribution is 8.00. The second-order valence-electron chi connectivity index (χ2n) is 14.2. The van der Waals surface area contributed by atoms with Gasteiger partial charge in [0.1, 0.15) is 5.69 Å². The number of ether oxygens (including phenoxy) is 11. The van der Waals surface area contributed by atoms with Crippen LogP contribution in [0.3, 0.4) is 0 Å². The highest BCUT2D eigenvalue weighted by atomic mass is 32.2. The minimum atomic E-state index is -0.0975. The Bertz CT molecular complexity index is 1290. The normalized spacial score (nSPS) is 16.9.